The van der Waals surface area contributed by atoms with E-state index in [1.807, 2.05) is 12.1 Å². The molecule has 0 radical (unpaired) electrons. The topological polar surface area (TPSA) is 23.8 Å². The minimum atomic E-state index is 0.0301. The Morgan fingerprint density at radius 1 is 1.43 bits per heavy atom. The second kappa shape index (κ2) is 3.74. The molecule has 1 saturated carbocycles. The van der Waals surface area contributed by atoms with Crippen LogP contribution in [0.3, 0.4) is 0 Å². The minimum Gasteiger partial charge on any atom is -0.198 e. The van der Waals surface area contributed by atoms with Crippen LogP contribution in [0.2, 0.25) is 0 Å². The highest BCUT2D eigenvalue weighted by atomic mass is 79.9. The van der Waals surface area contributed by atoms with Gasteiger partial charge in [0, 0.05) is 4.47 Å². The number of benzene rings is 1. The van der Waals surface area contributed by atoms with Crippen LogP contribution in [0.25, 0.3) is 0 Å². The van der Waals surface area contributed by atoms with E-state index in [1.165, 1.54) is 5.56 Å². The second-order valence-corrected chi connectivity index (χ2v) is 4.94. The number of hydrogen-bond acceptors (Lipinski definition) is 1. The Morgan fingerprint density at radius 2 is 2.21 bits per heavy atom. The average molecular weight is 250 g/mol. The van der Waals surface area contributed by atoms with Crippen LogP contribution in [0.1, 0.15) is 24.8 Å². The van der Waals surface area contributed by atoms with E-state index in [1.54, 1.807) is 0 Å². The highest BCUT2D eigenvalue weighted by molar-refractivity contribution is 9.10. The molecule has 0 N–H and O–H groups in total. The molecule has 1 nitrogen and oxygen atoms in total. The van der Waals surface area contributed by atoms with Crippen LogP contribution in [0.4, 0.5) is 0 Å². The van der Waals surface area contributed by atoms with Crippen molar-refractivity contribution in [3.63, 3.8) is 0 Å². The fourth-order valence-electron chi connectivity index (χ4n) is 1.64. The summed E-state index contributed by atoms with van der Waals surface area (Å²) in [6, 6.07) is 10.8. The number of hydrogen-bond donors (Lipinski definition) is 0. The van der Waals surface area contributed by atoms with Gasteiger partial charge in [-0.15, -0.1) is 0 Å². The monoisotopic (exact) mass is 249 g/mol. The van der Waals surface area contributed by atoms with Gasteiger partial charge in [0.05, 0.1) is 11.5 Å². The molecule has 2 heteroatoms. The van der Waals surface area contributed by atoms with Crippen LogP contribution in [0, 0.1) is 16.7 Å². The van der Waals surface area contributed by atoms with Crippen molar-refractivity contribution in [2.75, 3.05) is 0 Å². The zero-order valence-electron chi connectivity index (χ0n) is 7.96. The quantitative estimate of drug-likeness (QED) is 0.802. The summed E-state index contributed by atoms with van der Waals surface area (Å²) in [5, 5.41) is 8.93. The summed E-state index contributed by atoms with van der Waals surface area (Å²) in [5.41, 5.74) is 1.35. The van der Waals surface area contributed by atoms with E-state index in [-0.39, 0.29) is 5.41 Å². The van der Waals surface area contributed by atoms with E-state index in [0.717, 1.165) is 30.2 Å². The molecule has 0 spiro atoms. The van der Waals surface area contributed by atoms with Crippen molar-refractivity contribution in [1.29, 1.82) is 5.26 Å². The third-order valence-corrected chi connectivity index (χ3v) is 3.37. The fourth-order valence-corrected chi connectivity index (χ4v) is 2.09. The van der Waals surface area contributed by atoms with E-state index in [4.69, 9.17) is 5.26 Å². The first-order chi connectivity index (χ1) is 6.74. The summed E-state index contributed by atoms with van der Waals surface area (Å²) in [7, 11) is 0. The highest BCUT2D eigenvalue weighted by Gasteiger charge is 2.42. The van der Waals surface area contributed by atoms with Gasteiger partial charge in [-0.05, 0) is 43.4 Å². The van der Waals surface area contributed by atoms with Crippen molar-refractivity contribution < 1.29 is 0 Å². The van der Waals surface area contributed by atoms with Gasteiger partial charge in [-0.3, -0.25) is 0 Å². The maximum Gasteiger partial charge on any atom is 0.0689 e. The minimum absolute atomic E-state index is 0.0301. The lowest BCUT2D eigenvalue weighted by Gasteiger charge is -2.05. The van der Waals surface area contributed by atoms with Gasteiger partial charge >= 0.3 is 0 Å². The van der Waals surface area contributed by atoms with Gasteiger partial charge in [-0.1, -0.05) is 28.1 Å². The normalized spacial score (nSPS) is 17.4. The molecule has 0 saturated heterocycles. The molecule has 0 heterocycles. The fraction of sp³-hybridized carbons (Fsp3) is 0.417. The van der Waals surface area contributed by atoms with Gasteiger partial charge in [0.1, 0.15) is 0 Å². The first-order valence-electron chi connectivity index (χ1n) is 4.90. The Labute approximate surface area is 92.9 Å². The molecule has 0 aromatic heterocycles. The van der Waals surface area contributed by atoms with E-state index in [2.05, 4.69) is 34.1 Å². The zero-order valence-corrected chi connectivity index (χ0v) is 9.55. The molecule has 0 bridgehead atoms. The average Bonchev–Trinajstić information content (AvgIpc) is 2.96. The Bertz CT molecular complexity index is 374. The van der Waals surface area contributed by atoms with Gasteiger partial charge in [-0.2, -0.15) is 5.26 Å². The summed E-state index contributed by atoms with van der Waals surface area (Å²) >= 11 is 3.45. The van der Waals surface area contributed by atoms with Crippen molar-refractivity contribution in [2.24, 2.45) is 5.41 Å². The van der Waals surface area contributed by atoms with Gasteiger partial charge in [0.25, 0.3) is 0 Å². The lowest BCUT2D eigenvalue weighted by atomic mass is 9.98. The van der Waals surface area contributed by atoms with Gasteiger partial charge in [0.2, 0.25) is 0 Å². The Morgan fingerprint density at radius 3 is 2.79 bits per heavy atom. The molecule has 1 aliphatic rings. The predicted molar refractivity (Wildman–Crippen MR) is 59.7 cm³/mol. The standard InChI is InChI=1S/C12H12BrN/c13-11-3-1-2-10(8-11)4-5-12(9-14)6-7-12/h1-3,8H,4-7H2. The molecule has 2 rings (SSSR count). The summed E-state index contributed by atoms with van der Waals surface area (Å²) in [6.07, 6.45) is 4.22. The third-order valence-electron chi connectivity index (χ3n) is 2.87. The van der Waals surface area contributed by atoms with Gasteiger partial charge in [-0.25, -0.2) is 0 Å². The molecule has 14 heavy (non-hydrogen) atoms. The molecule has 1 aromatic carbocycles. The number of nitrogens with zero attached hydrogens (tertiary/aromatic N) is 1. The smallest absolute Gasteiger partial charge is 0.0689 e. The number of aryl methyl sites for hydroxylation is 1. The third kappa shape index (κ3) is 2.16. The van der Waals surface area contributed by atoms with Gasteiger partial charge < -0.3 is 0 Å². The molecule has 0 aliphatic heterocycles. The number of halogens is 1. The van der Waals surface area contributed by atoms with Crippen molar-refractivity contribution in [1.82, 2.24) is 0 Å². The Hall–Kier alpha value is -0.810. The van der Waals surface area contributed by atoms with Crippen molar-refractivity contribution >= 4 is 15.9 Å². The number of rotatable bonds is 3. The largest absolute Gasteiger partial charge is 0.198 e. The molecular formula is C12H12BrN. The van der Waals surface area contributed by atoms with Gasteiger partial charge in [0.15, 0.2) is 0 Å². The lowest BCUT2D eigenvalue weighted by Crippen LogP contribution is -1.98. The molecular weight excluding hydrogens is 238 g/mol. The molecule has 0 amide bonds. The van der Waals surface area contributed by atoms with E-state index < -0.39 is 0 Å². The maximum atomic E-state index is 8.93. The van der Waals surface area contributed by atoms with Crippen LogP contribution in [-0.4, -0.2) is 0 Å². The van der Waals surface area contributed by atoms with Crippen molar-refractivity contribution in [2.45, 2.75) is 25.7 Å². The zero-order chi connectivity index (χ0) is 10.0. The van der Waals surface area contributed by atoms with Crippen LogP contribution in [0.5, 0.6) is 0 Å². The Balaban J connectivity index is 1.96. The van der Waals surface area contributed by atoms with Crippen LogP contribution in [-0.2, 0) is 6.42 Å². The second-order valence-electron chi connectivity index (χ2n) is 4.02. The molecule has 0 unspecified atom stereocenters. The van der Waals surface area contributed by atoms with Crippen LogP contribution in [0.15, 0.2) is 28.7 Å². The van der Waals surface area contributed by atoms with E-state index in [9.17, 15) is 0 Å². The van der Waals surface area contributed by atoms with Crippen LogP contribution < -0.4 is 0 Å². The van der Waals surface area contributed by atoms with Crippen molar-refractivity contribution in [3.05, 3.63) is 34.3 Å². The molecule has 0 atom stereocenters. The molecule has 1 fully saturated rings. The Kier molecular flexibility index (Phi) is 2.60. The maximum absolute atomic E-state index is 8.93. The summed E-state index contributed by atoms with van der Waals surface area (Å²) in [6.45, 7) is 0. The predicted octanol–water partition coefficient (Wildman–Crippen LogP) is 3.69. The highest BCUT2D eigenvalue weighted by Crippen LogP contribution is 2.48. The molecule has 72 valence electrons. The summed E-state index contributed by atoms with van der Waals surface area (Å²) in [4.78, 5) is 0. The summed E-state index contributed by atoms with van der Waals surface area (Å²) in [5.74, 6) is 0. The molecule has 1 aliphatic carbocycles. The van der Waals surface area contributed by atoms with E-state index in [0.29, 0.717) is 0 Å². The van der Waals surface area contributed by atoms with Crippen molar-refractivity contribution in [3.8, 4) is 6.07 Å². The SMILES string of the molecule is N#CC1(CCc2cccc(Br)c2)CC1. The first kappa shape index (κ1) is 9.73. The van der Waals surface area contributed by atoms with Crippen LogP contribution >= 0.6 is 15.9 Å². The van der Waals surface area contributed by atoms with E-state index >= 15 is 0 Å². The lowest BCUT2D eigenvalue weighted by molar-refractivity contribution is 0.597. The first-order valence-corrected chi connectivity index (χ1v) is 5.69. The molecule has 1 aromatic rings. The number of nitriles is 1. The summed E-state index contributed by atoms with van der Waals surface area (Å²) < 4.78 is 1.12.